The normalized spacial score (nSPS) is 17.9. The van der Waals surface area contributed by atoms with E-state index in [1.807, 2.05) is 12.1 Å². The lowest BCUT2D eigenvalue weighted by molar-refractivity contribution is 0.615. The third kappa shape index (κ3) is 0.828. The van der Waals surface area contributed by atoms with E-state index in [9.17, 15) is 0 Å². The van der Waals surface area contributed by atoms with Gasteiger partial charge in [-0.1, -0.05) is 0 Å². The van der Waals surface area contributed by atoms with Gasteiger partial charge in [0, 0.05) is 11.6 Å². The Morgan fingerprint density at radius 2 is 2.29 bits per heavy atom. The summed E-state index contributed by atoms with van der Waals surface area (Å²) >= 11 is 0. The second kappa shape index (κ2) is 2.36. The highest BCUT2D eigenvalue weighted by Crippen LogP contribution is 2.48. The van der Waals surface area contributed by atoms with E-state index in [1.165, 1.54) is 0 Å². The SMILES string of the molecule is N#CC1(c2nccc3occc23)CC1. The highest BCUT2D eigenvalue weighted by atomic mass is 16.3. The summed E-state index contributed by atoms with van der Waals surface area (Å²) in [6.07, 6.45) is 5.18. The maximum atomic E-state index is 9.09. The number of nitrogens with zero attached hydrogens (tertiary/aromatic N) is 2. The molecule has 0 bridgehead atoms. The van der Waals surface area contributed by atoms with Crippen molar-refractivity contribution >= 4 is 11.0 Å². The molecule has 1 saturated carbocycles. The van der Waals surface area contributed by atoms with E-state index in [2.05, 4.69) is 11.1 Å². The predicted molar refractivity (Wildman–Crippen MR) is 50.5 cm³/mol. The Bertz CT molecular complexity index is 531. The minimum absolute atomic E-state index is 0.330. The van der Waals surface area contributed by atoms with Gasteiger partial charge in [-0.05, 0) is 25.0 Å². The summed E-state index contributed by atoms with van der Waals surface area (Å²) < 4.78 is 5.28. The fraction of sp³-hybridized carbons (Fsp3) is 0.273. The summed E-state index contributed by atoms with van der Waals surface area (Å²) in [6, 6.07) is 6.06. The van der Waals surface area contributed by atoms with Gasteiger partial charge >= 0.3 is 0 Å². The van der Waals surface area contributed by atoms with Gasteiger partial charge in [-0.25, -0.2) is 0 Å². The second-order valence-corrected chi connectivity index (χ2v) is 3.69. The highest BCUT2D eigenvalue weighted by molar-refractivity contribution is 5.81. The van der Waals surface area contributed by atoms with Crippen LogP contribution in [0.1, 0.15) is 18.5 Å². The number of pyridine rings is 1. The Morgan fingerprint density at radius 1 is 1.43 bits per heavy atom. The first-order valence-electron chi connectivity index (χ1n) is 4.60. The van der Waals surface area contributed by atoms with E-state index >= 15 is 0 Å². The summed E-state index contributed by atoms with van der Waals surface area (Å²) in [5.41, 5.74) is 1.37. The molecule has 0 atom stereocenters. The maximum Gasteiger partial charge on any atom is 0.137 e. The monoisotopic (exact) mass is 184 g/mol. The molecular formula is C11H8N2O. The zero-order chi connectivity index (χ0) is 9.60. The van der Waals surface area contributed by atoms with E-state index in [0.717, 1.165) is 29.5 Å². The van der Waals surface area contributed by atoms with Gasteiger partial charge in [0.2, 0.25) is 0 Å². The van der Waals surface area contributed by atoms with Crippen LogP contribution in [0.25, 0.3) is 11.0 Å². The second-order valence-electron chi connectivity index (χ2n) is 3.69. The third-order valence-corrected chi connectivity index (χ3v) is 2.80. The molecule has 0 amide bonds. The zero-order valence-corrected chi connectivity index (χ0v) is 7.53. The molecule has 3 heteroatoms. The molecule has 0 radical (unpaired) electrons. The van der Waals surface area contributed by atoms with Crippen molar-refractivity contribution in [2.75, 3.05) is 0 Å². The van der Waals surface area contributed by atoms with Crippen LogP contribution < -0.4 is 0 Å². The number of furan rings is 1. The summed E-state index contributed by atoms with van der Waals surface area (Å²) in [6.45, 7) is 0. The molecule has 14 heavy (non-hydrogen) atoms. The first-order chi connectivity index (χ1) is 6.86. The summed E-state index contributed by atoms with van der Waals surface area (Å²) in [4.78, 5) is 4.30. The van der Waals surface area contributed by atoms with Gasteiger partial charge in [0.15, 0.2) is 0 Å². The molecule has 2 heterocycles. The van der Waals surface area contributed by atoms with Crippen LogP contribution in [0.3, 0.4) is 0 Å². The van der Waals surface area contributed by atoms with Crippen molar-refractivity contribution in [2.24, 2.45) is 0 Å². The van der Waals surface area contributed by atoms with Crippen molar-refractivity contribution in [3.63, 3.8) is 0 Å². The molecule has 2 aromatic heterocycles. The molecule has 0 aromatic carbocycles. The molecular weight excluding hydrogens is 176 g/mol. The van der Waals surface area contributed by atoms with Crippen molar-refractivity contribution < 1.29 is 4.42 Å². The van der Waals surface area contributed by atoms with Crippen LogP contribution >= 0.6 is 0 Å². The molecule has 3 nitrogen and oxygen atoms in total. The zero-order valence-electron chi connectivity index (χ0n) is 7.53. The van der Waals surface area contributed by atoms with E-state index in [-0.39, 0.29) is 5.41 Å². The number of hydrogen-bond donors (Lipinski definition) is 0. The lowest BCUT2D eigenvalue weighted by Gasteiger charge is -2.04. The first-order valence-corrected chi connectivity index (χ1v) is 4.60. The molecule has 0 saturated heterocycles. The van der Waals surface area contributed by atoms with Crippen LogP contribution in [0.15, 0.2) is 29.0 Å². The summed E-state index contributed by atoms with van der Waals surface area (Å²) in [5, 5.41) is 10.1. The Morgan fingerprint density at radius 3 is 3.00 bits per heavy atom. The van der Waals surface area contributed by atoms with E-state index in [0.29, 0.717) is 0 Å². The average molecular weight is 184 g/mol. The van der Waals surface area contributed by atoms with E-state index in [1.54, 1.807) is 12.5 Å². The lowest BCUT2D eigenvalue weighted by atomic mass is 10.0. The largest absolute Gasteiger partial charge is 0.464 e. The van der Waals surface area contributed by atoms with Gasteiger partial charge in [0.05, 0.1) is 18.0 Å². The maximum absolute atomic E-state index is 9.09. The van der Waals surface area contributed by atoms with Crippen molar-refractivity contribution in [3.05, 3.63) is 30.3 Å². The van der Waals surface area contributed by atoms with Crippen LogP contribution in [0.2, 0.25) is 0 Å². The smallest absolute Gasteiger partial charge is 0.137 e. The lowest BCUT2D eigenvalue weighted by Crippen LogP contribution is -2.05. The molecule has 1 fully saturated rings. The number of rotatable bonds is 1. The first kappa shape index (κ1) is 7.57. The molecule has 0 spiro atoms. The Balaban J connectivity index is 2.32. The number of hydrogen-bond acceptors (Lipinski definition) is 3. The molecule has 1 aliphatic rings. The fourth-order valence-electron chi connectivity index (χ4n) is 1.80. The van der Waals surface area contributed by atoms with Gasteiger partial charge in [-0.15, -0.1) is 0 Å². The molecule has 1 aliphatic carbocycles. The van der Waals surface area contributed by atoms with E-state index < -0.39 is 0 Å². The molecule has 0 aliphatic heterocycles. The predicted octanol–water partition coefficient (Wildman–Crippen LogP) is 2.38. The molecule has 68 valence electrons. The minimum Gasteiger partial charge on any atom is -0.464 e. The summed E-state index contributed by atoms with van der Waals surface area (Å²) in [7, 11) is 0. The van der Waals surface area contributed by atoms with Crippen LogP contribution in [0.4, 0.5) is 0 Å². The van der Waals surface area contributed by atoms with Gasteiger partial charge in [-0.3, -0.25) is 4.98 Å². The van der Waals surface area contributed by atoms with Crippen LogP contribution in [0, 0.1) is 11.3 Å². The van der Waals surface area contributed by atoms with Crippen molar-refractivity contribution in [3.8, 4) is 6.07 Å². The molecule has 2 aromatic rings. The van der Waals surface area contributed by atoms with Crippen molar-refractivity contribution in [2.45, 2.75) is 18.3 Å². The molecule has 3 rings (SSSR count). The van der Waals surface area contributed by atoms with Gasteiger partial charge in [0.1, 0.15) is 11.0 Å². The number of nitriles is 1. The number of fused-ring (bicyclic) bond motifs is 1. The van der Waals surface area contributed by atoms with E-state index in [4.69, 9.17) is 9.68 Å². The van der Waals surface area contributed by atoms with Gasteiger partial charge in [-0.2, -0.15) is 5.26 Å². The molecule has 0 unspecified atom stereocenters. The van der Waals surface area contributed by atoms with Gasteiger partial charge in [0.25, 0.3) is 0 Å². The van der Waals surface area contributed by atoms with Crippen LogP contribution in [0.5, 0.6) is 0 Å². The standard InChI is InChI=1S/C11H8N2O/c12-7-11(3-4-11)10-8-2-6-14-9(8)1-5-13-10/h1-2,5-6H,3-4H2. The van der Waals surface area contributed by atoms with Crippen LogP contribution in [-0.4, -0.2) is 4.98 Å². The topological polar surface area (TPSA) is 49.8 Å². The van der Waals surface area contributed by atoms with Gasteiger partial charge < -0.3 is 4.42 Å². The Hall–Kier alpha value is -1.82. The minimum atomic E-state index is -0.330. The van der Waals surface area contributed by atoms with Crippen molar-refractivity contribution in [1.82, 2.24) is 4.98 Å². The quantitative estimate of drug-likeness (QED) is 0.683. The fourth-order valence-corrected chi connectivity index (χ4v) is 1.80. The number of aromatic nitrogens is 1. The van der Waals surface area contributed by atoms with Crippen LogP contribution in [-0.2, 0) is 5.41 Å². The Kier molecular flexibility index (Phi) is 1.27. The average Bonchev–Trinajstić information content (AvgIpc) is 2.87. The molecule has 0 N–H and O–H groups in total. The van der Waals surface area contributed by atoms with Crippen molar-refractivity contribution in [1.29, 1.82) is 5.26 Å². The summed E-state index contributed by atoms with van der Waals surface area (Å²) in [5.74, 6) is 0. The Labute approximate surface area is 81.0 Å². The highest BCUT2D eigenvalue weighted by Gasteiger charge is 2.47. The third-order valence-electron chi connectivity index (χ3n) is 2.80.